The molecule has 0 atom stereocenters. The maximum atomic E-state index is 11.1. The lowest BCUT2D eigenvalue weighted by molar-refractivity contribution is 0.112. The van der Waals surface area contributed by atoms with Crippen molar-refractivity contribution in [3.8, 4) is 0 Å². The predicted molar refractivity (Wildman–Crippen MR) is 93.3 cm³/mol. The number of H-pyrrole nitrogens is 2. The number of nitrogen functional groups attached to an aromatic ring is 1. The average Bonchev–Trinajstić information content (AvgIpc) is 3.13. The first-order valence-corrected chi connectivity index (χ1v) is 8.03. The average molecular weight is 343 g/mol. The summed E-state index contributed by atoms with van der Waals surface area (Å²) < 4.78 is 0. The number of nitrogens with one attached hydrogen (secondary N) is 2. The van der Waals surface area contributed by atoms with Crippen molar-refractivity contribution < 1.29 is 4.79 Å². The molecular formula is C16H11ClN4OS. The van der Waals surface area contributed by atoms with Crippen molar-refractivity contribution in [2.24, 2.45) is 0 Å². The van der Waals surface area contributed by atoms with Crippen LogP contribution in [0.1, 0.15) is 10.4 Å². The van der Waals surface area contributed by atoms with Crippen molar-refractivity contribution in [2.75, 3.05) is 5.73 Å². The molecule has 0 bridgehead atoms. The van der Waals surface area contributed by atoms with Crippen LogP contribution < -0.4 is 5.73 Å². The van der Waals surface area contributed by atoms with Crippen molar-refractivity contribution in [1.29, 1.82) is 0 Å². The fourth-order valence-corrected chi connectivity index (χ4v) is 3.65. The van der Waals surface area contributed by atoms with Gasteiger partial charge in [-0.15, -0.1) is 0 Å². The number of aromatic nitrogens is 3. The molecule has 4 aromatic rings. The Hall–Kier alpha value is -2.44. The van der Waals surface area contributed by atoms with Crippen LogP contribution in [0, 0.1) is 0 Å². The van der Waals surface area contributed by atoms with Crippen LogP contribution >= 0.6 is 23.4 Å². The van der Waals surface area contributed by atoms with Gasteiger partial charge in [0.05, 0.1) is 16.6 Å². The molecule has 0 aliphatic rings. The summed E-state index contributed by atoms with van der Waals surface area (Å²) in [7, 11) is 0. The van der Waals surface area contributed by atoms with Gasteiger partial charge in [-0.3, -0.25) is 4.79 Å². The maximum absolute atomic E-state index is 11.1. The second-order valence-corrected chi connectivity index (χ2v) is 6.54. The maximum Gasteiger partial charge on any atom is 0.171 e. The Morgan fingerprint density at radius 3 is 2.96 bits per heavy atom. The first-order chi connectivity index (χ1) is 11.2. The molecule has 4 N–H and O–H groups in total. The van der Waals surface area contributed by atoms with Gasteiger partial charge in [-0.1, -0.05) is 11.6 Å². The van der Waals surface area contributed by atoms with Gasteiger partial charge < -0.3 is 15.7 Å². The van der Waals surface area contributed by atoms with E-state index in [1.165, 1.54) is 11.8 Å². The Labute approximate surface area is 140 Å². The molecule has 2 aromatic heterocycles. The second kappa shape index (κ2) is 5.33. The summed E-state index contributed by atoms with van der Waals surface area (Å²) in [6.07, 6.45) is 2.46. The zero-order chi connectivity index (χ0) is 16.0. The molecule has 2 aromatic carbocycles. The predicted octanol–water partition coefficient (Wildman–Crippen LogP) is 4.24. The van der Waals surface area contributed by atoms with Gasteiger partial charge in [0.25, 0.3) is 0 Å². The molecular weight excluding hydrogens is 332 g/mol. The molecule has 0 saturated carbocycles. The summed E-state index contributed by atoms with van der Waals surface area (Å²) in [4.78, 5) is 23.0. The van der Waals surface area contributed by atoms with E-state index in [1.807, 2.05) is 24.3 Å². The SMILES string of the molecule is Nc1ccc(Sc2nc3ccc(Cl)cc3[nH]2)c2[nH]cc(C=O)c12. The number of hydrogen-bond donors (Lipinski definition) is 3. The molecule has 7 heteroatoms. The molecule has 0 spiro atoms. The van der Waals surface area contributed by atoms with E-state index < -0.39 is 0 Å². The van der Waals surface area contributed by atoms with Crippen LogP contribution in [-0.2, 0) is 0 Å². The number of anilines is 1. The number of imidazole rings is 1. The highest BCUT2D eigenvalue weighted by atomic mass is 35.5. The molecule has 5 nitrogen and oxygen atoms in total. The normalized spacial score (nSPS) is 11.3. The summed E-state index contributed by atoms with van der Waals surface area (Å²) >= 11 is 7.46. The second-order valence-electron chi connectivity index (χ2n) is 5.07. The van der Waals surface area contributed by atoms with E-state index >= 15 is 0 Å². The molecule has 0 radical (unpaired) electrons. The zero-order valence-electron chi connectivity index (χ0n) is 11.8. The number of rotatable bonds is 3. The highest BCUT2D eigenvalue weighted by Crippen LogP contribution is 2.36. The van der Waals surface area contributed by atoms with E-state index in [-0.39, 0.29) is 0 Å². The monoisotopic (exact) mass is 342 g/mol. The quantitative estimate of drug-likeness (QED) is 0.384. The third kappa shape index (κ3) is 2.36. The van der Waals surface area contributed by atoms with Crippen LogP contribution in [0.25, 0.3) is 21.9 Å². The Bertz CT molecular complexity index is 1050. The number of fused-ring (bicyclic) bond motifs is 2. The van der Waals surface area contributed by atoms with E-state index in [1.54, 1.807) is 12.3 Å². The number of benzene rings is 2. The van der Waals surface area contributed by atoms with Crippen LogP contribution in [0.5, 0.6) is 0 Å². The Balaban J connectivity index is 1.81. The molecule has 0 amide bonds. The van der Waals surface area contributed by atoms with E-state index in [4.69, 9.17) is 17.3 Å². The smallest absolute Gasteiger partial charge is 0.171 e. The minimum Gasteiger partial charge on any atom is -0.398 e. The molecule has 114 valence electrons. The van der Waals surface area contributed by atoms with Crippen molar-refractivity contribution in [2.45, 2.75) is 10.1 Å². The summed E-state index contributed by atoms with van der Waals surface area (Å²) in [5.41, 5.74) is 9.68. The number of hydrogen-bond acceptors (Lipinski definition) is 4. The van der Waals surface area contributed by atoms with Gasteiger partial charge in [0.15, 0.2) is 11.4 Å². The van der Waals surface area contributed by atoms with Gasteiger partial charge in [0.1, 0.15) is 0 Å². The van der Waals surface area contributed by atoms with Crippen molar-refractivity contribution in [1.82, 2.24) is 15.0 Å². The fourth-order valence-electron chi connectivity index (χ4n) is 2.56. The summed E-state index contributed by atoms with van der Waals surface area (Å²) in [5, 5.41) is 2.15. The Morgan fingerprint density at radius 2 is 2.13 bits per heavy atom. The van der Waals surface area contributed by atoms with E-state index in [0.717, 1.165) is 38.3 Å². The van der Waals surface area contributed by atoms with Crippen LogP contribution in [0.4, 0.5) is 5.69 Å². The molecule has 0 aliphatic heterocycles. The summed E-state index contributed by atoms with van der Waals surface area (Å²) in [6, 6.07) is 9.22. The van der Waals surface area contributed by atoms with E-state index in [0.29, 0.717) is 16.3 Å². The first kappa shape index (κ1) is 14.2. The summed E-state index contributed by atoms with van der Waals surface area (Å²) in [6.45, 7) is 0. The largest absolute Gasteiger partial charge is 0.398 e. The molecule has 0 aliphatic carbocycles. The molecule has 0 saturated heterocycles. The first-order valence-electron chi connectivity index (χ1n) is 6.83. The van der Waals surface area contributed by atoms with Crippen LogP contribution in [0.3, 0.4) is 0 Å². The van der Waals surface area contributed by atoms with E-state index in [9.17, 15) is 4.79 Å². The van der Waals surface area contributed by atoms with Gasteiger partial charge in [0, 0.05) is 32.8 Å². The lowest BCUT2D eigenvalue weighted by Gasteiger charge is -2.03. The molecule has 4 rings (SSSR count). The van der Waals surface area contributed by atoms with Gasteiger partial charge in [-0.2, -0.15) is 0 Å². The van der Waals surface area contributed by atoms with E-state index in [2.05, 4.69) is 15.0 Å². The van der Waals surface area contributed by atoms with Gasteiger partial charge in [-0.25, -0.2) is 4.98 Å². The Kier molecular flexibility index (Phi) is 3.28. The van der Waals surface area contributed by atoms with Gasteiger partial charge in [-0.05, 0) is 42.1 Å². The number of halogens is 1. The van der Waals surface area contributed by atoms with Crippen LogP contribution in [0.2, 0.25) is 5.02 Å². The lowest BCUT2D eigenvalue weighted by Crippen LogP contribution is -1.89. The lowest BCUT2D eigenvalue weighted by atomic mass is 10.1. The van der Waals surface area contributed by atoms with Gasteiger partial charge in [0.2, 0.25) is 0 Å². The minimum atomic E-state index is 0.552. The van der Waals surface area contributed by atoms with Crippen molar-refractivity contribution >= 4 is 57.3 Å². The summed E-state index contributed by atoms with van der Waals surface area (Å²) in [5.74, 6) is 0. The highest BCUT2D eigenvalue weighted by Gasteiger charge is 2.13. The minimum absolute atomic E-state index is 0.552. The molecule has 0 unspecified atom stereocenters. The van der Waals surface area contributed by atoms with Crippen molar-refractivity contribution in [3.05, 3.63) is 47.1 Å². The molecule has 2 heterocycles. The van der Waals surface area contributed by atoms with Crippen molar-refractivity contribution in [3.63, 3.8) is 0 Å². The van der Waals surface area contributed by atoms with Crippen LogP contribution in [0.15, 0.2) is 46.6 Å². The number of nitrogens with zero attached hydrogens (tertiary/aromatic N) is 1. The molecule has 0 fully saturated rings. The third-order valence-corrected chi connectivity index (χ3v) is 4.80. The van der Waals surface area contributed by atoms with Gasteiger partial charge >= 0.3 is 0 Å². The molecule has 23 heavy (non-hydrogen) atoms. The number of aromatic amines is 2. The number of nitrogens with two attached hydrogens (primary N) is 1. The number of carbonyl (C=O) groups excluding carboxylic acids is 1. The number of carbonyl (C=O) groups is 1. The third-order valence-electron chi connectivity index (χ3n) is 3.62. The highest BCUT2D eigenvalue weighted by molar-refractivity contribution is 7.99. The van der Waals surface area contributed by atoms with Crippen LogP contribution in [-0.4, -0.2) is 21.2 Å². The number of aldehydes is 1. The fraction of sp³-hybridized carbons (Fsp3) is 0. The zero-order valence-corrected chi connectivity index (χ0v) is 13.3. The topological polar surface area (TPSA) is 87.6 Å². The Morgan fingerprint density at radius 1 is 1.26 bits per heavy atom. The standard InChI is InChI=1S/C16H11ClN4OS/c17-9-1-3-11-12(5-9)21-16(20-11)23-13-4-2-10(18)14-8(7-22)6-19-15(13)14/h1-7,19H,18H2,(H,20,21).